The SMILES string of the molecule is COCC(C)(NC(=O)c1cc2c(C)nn(-c3ccc(F)cc3)c2s1)C(=O)O. The van der Waals surface area contributed by atoms with Crippen LogP contribution in [0, 0.1) is 12.7 Å². The number of nitrogens with one attached hydrogen (secondary N) is 1. The summed E-state index contributed by atoms with van der Waals surface area (Å²) in [5.74, 6) is -2.05. The van der Waals surface area contributed by atoms with Crippen molar-refractivity contribution in [2.24, 2.45) is 0 Å². The van der Waals surface area contributed by atoms with Gasteiger partial charge in [0.2, 0.25) is 0 Å². The highest BCUT2D eigenvalue weighted by atomic mass is 32.1. The zero-order valence-corrected chi connectivity index (χ0v) is 15.8. The Morgan fingerprint density at radius 1 is 1.37 bits per heavy atom. The average molecular weight is 391 g/mol. The van der Waals surface area contributed by atoms with E-state index in [0.29, 0.717) is 21.1 Å². The van der Waals surface area contributed by atoms with Crippen LogP contribution in [0.5, 0.6) is 0 Å². The van der Waals surface area contributed by atoms with Crippen LogP contribution < -0.4 is 5.32 Å². The van der Waals surface area contributed by atoms with Crippen molar-refractivity contribution in [3.8, 4) is 5.69 Å². The van der Waals surface area contributed by atoms with Gasteiger partial charge in [-0.25, -0.2) is 13.9 Å². The third kappa shape index (κ3) is 3.56. The maximum atomic E-state index is 13.2. The van der Waals surface area contributed by atoms with Crippen LogP contribution in [0.3, 0.4) is 0 Å². The van der Waals surface area contributed by atoms with Gasteiger partial charge >= 0.3 is 5.97 Å². The monoisotopic (exact) mass is 391 g/mol. The van der Waals surface area contributed by atoms with Gasteiger partial charge in [0, 0.05) is 12.5 Å². The summed E-state index contributed by atoms with van der Waals surface area (Å²) in [5.41, 5.74) is -0.166. The number of benzene rings is 1. The lowest BCUT2D eigenvalue weighted by molar-refractivity contribution is -0.145. The Bertz CT molecular complexity index is 1010. The molecule has 1 unspecified atom stereocenters. The van der Waals surface area contributed by atoms with Gasteiger partial charge < -0.3 is 15.2 Å². The summed E-state index contributed by atoms with van der Waals surface area (Å²) in [5, 5.41) is 17.1. The van der Waals surface area contributed by atoms with Gasteiger partial charge in [-0.3, -0.25) is 4.79 Å². The highest BCUT2D eigenvalue weighted by molar-refractivity contribution is 7.20. The summed E-state index contributed by atoms with van der Waals surface area (Å²) in [6.07, 6.45) is 0. The summed E-state index contributed by atoms with van der Waals surface area (Å²) in [7, 11) is 1.37. The minimum atomic E-state index is -1.54. The lowest BCUT2D eigenvalue weighted by atomic mass is 10.0. The molecule has 0 radical (unpaired) electrons. The molecule has 3 rings (SSSR count). The third-order valence-corrected chi connectivity index (χ3v) is 5.24. The second-order valence-corrected chi connectivity index (χ2v) is 7.36. The maximum Gasteiger partial charge on any atom is 0.331 e. The average Bonchev–Trinajstić information content (AvgIpc) is 3.17. The number of aliphatic carboxylic acids is 1. The summed E-state index contributed by atoms with van der Waals surface area (Å²) < 4.78 is 19.7. The largest absolute Gasteiger partial charge is 0.479 e. The molecule has 0 aliphatic rings. The minimum Gasteiger partial charge on any atom is -0.479 e. The minimum absolute atomic E-state index is 0.165. The predicted molar refractivity (Wildman–Crippen MR) is 99.0 cm³/mol. The van der Waals surface area contributed by atoms with E-state index in [-0.39, 0.29) is 12.4 Å². The fourth-order valence-corrected chi connectivity index (χ4v) is 3.75. The Morgan fingerprint density at radius 3 is 2.63 bits per heavy atom. The first-order valence-corrected chi connectivity index (χ1v) is 8.87. The topological polar surface area (TPSA) is 93.5 Å². The second-order valence-electron chi connectivity index (χ2n) is 6.33. The molecule has 1 aromatic carbocycles. The third-order valence-electron chi connectivity index (χ3n) is 4.13. The van der Waals surface area contributed by atoms with Gasteiger partial charge in [-0.2, -0.15) is 5.10 Å². The molecule has 2 heterocycles. The maximum absolute atomic E-state index is 13.2. The lowest BCUT2D eigenvalue weighted by Crippen LogP contribution is -2.55. The molecule has 27 heavy (non-hydrogen) atoms. The van der Waals surface area contributed by atoms with E-state index in [1.165, 1.54) is 37.5 Å². The zero-order valence-electron chi connectivity index (χ0n) is 14.9. The Balaban J connectivity index is 1.97. The van der Waals surface area contributed by atoms with Gasteiger partial charge in [-0.1, -0.05) is 0 Å². The number of nitrogens with zero attached hydrogens (tertiary/aromatic N) is 2. The molecule has 0 aliphatic carbocycles. The van der Waals surface area contributed by atoms with Crippen molar-refractivity contribution in [2.45, 2.75) is 19.4 Å². The van der Waals surface area contributed by atoms with Gasteiger partial charge in [-0.15, -0.1) is 11.3 Å². The number of hydrogen-bond acceptors (Lipinski definition) is 5. The summed E-state index contributed by atoms with van der Waals surface area (Å²) in [6.45, 7) is 3.03. The van der Waals surface area contributed by atoms with Crippen LogP contribution in [-0.4, -0.2) is 46.0 Å². The van der Waals surface area contributed by atoms with Gasteiger partial charge in [0.1, 0.15) is 10.6 Å². The fraction of sp³-hybridized carbons (Fsp3) is 0.278. The molecule has 142 valence electrons. The van der Waals surface area contributed by atoms with Crippen LogP contribution in [-0.2, 0) is 9.53 Å². The first-order valence-electron chi connectivity index (χ1n) is 8.05. The fourth-order valence-electron chi connectivity index (χ4n) is 2.67. The van der Waals surface area contributed by atoms with Crippen molar-refractivity contribution in [1.82, 2.24) is 15.1 Å². The summed E-state index contributed by atoms with van der Waals surface area (Å²) in [4.78, 5) is 25.2. The number of hydrogen-bond donors (Lipinski definition) is 2. The van der Waals surface area contributed by atoms with Crippen LogP contribution in [0.25, 0.3) is 15.9 Å². The Labute approximate surface area is 158 Å². The number of carbonyl (C=O) groups excluding carboxylic acids is 1. The van der Waals surface area contributed by atoms with E-state index in [9.17, 15) is 19.1 Å². The Hall–Kier alpha value is -2.78. The quantitative estimate of drug-likeness (QED) is 0.674. The van der Waals surface area contributed by atoms with Gasteiger partial charge in [0.15, 0.2) is 5.54 Å². The van der Waals surface area contributed by atoms with Crippen molar-refractivity contribution in [2.75, 3.05) is 13.7 Å². The van der Waals surface area contributed by atoms with E-state index in [1.54, 1.807) is 22.9 Å². The molecule has 1 amide bonds. The highest BCUT2D eigenvalue weighted by Gasteiger charge is 2.35. The number of amides is 1. The number of thiophene rings is 1. The van der Waals surface area contributed by atoms with E-state index in [1.807, 2.05) is 6.92 Å². The number of methoxy groups -OCH3 is 1. The molecular weight excluding hydrogens is 373 g/mol. The molecular formula is C18H18FN3O4S. The van der Waals surface area contributed by atoms with Crippen LogP contribution in [0.2, 0.25) is 0 Å². The number of rotatable bonds is 6. The molecule has 0 bridgehead atoms. The van der Waals surface area contributed by atoms with E-state index in [0.717, 1.165) is 5.39 Å². The number of carboxylic acid groups (broad SMARTS) is 1. The smallest absolute Gasteiger partial charge is 0.331 e. The Morgan fingerprint density at radius 2 is 2.04 bits per heavy atom. The van der Waals surface area contributed by atoms with Crippen LogP contribution in [0.1, 0.15) is 22.3 Å². The molecule has 0 saturated heterocycles. The molecule has 3 aromatic rings. The molecule has 2 aromatic heterocycles. The molecule has 1 atom stereocenters. The van der Waals surface area contributed by atoms with Gasteiger partial charge in [0.05, 0.1) is 22.9 Å². The predicted octanol–water partition coefficient (Wildman–Crippen LogP) is 2.75. The van der Waals surface area contributed by atoms with E-state index < -0.39 is 17.4 Å². The molecule has 0 spiro atoms. The number of aromatic nitrogens is 2. The molecule has 9 heteroatoms. The second kappa shape index (κ2) is 7.09. The first kappa shape index (κ1) is 19.0. The molecule has 0 fully saturated rings. The van der Waals surface area contributed by atoms with Gasteiger partial charge in [0.25, 0.3) is 5.91 Å². The van der Waals surface area contributed by atoms with Crippen LogP contribution in [0.15, 0.2) is 30.3 Å². The standard InChI is InChI=1S/C18H18FN3O4S/c1-10-13-8-14(15(23)20-18(2,9-26-3)17(24)25)27-16(13)22(21-10)12-6-4-11(19)5-7-12/h4-8H,9H2,1-3H3,(H,20,23)(H,24,25). The van der Waals surface area contributed by atoms with Crippen molar-refractivity contribution >= 4 is 33.4 Å². The van der Waals surface area contributed by atoms with Crippen molar-refractivity contribution in [3.63, 3.8) is 0 Å². The number of halogens is 1. The number of aryl methyl sites for hydroxylation is 1. The van der Waals surface area contributed by atoms with E-state index >= 15 is 0 Å². The molecule has 2 N–H and O–H groups in total. The molecule has 7 nitrogen and oxygen atoms in total. The van der Waals surface area contributed by atoms with Gasteiger partial charge in [-0.05, 0) is 44.2 Å². The highest BCUT2D eigenvalue weighted by Crippen LogP contribution is 2.30. The van der Waals surface area contributed by atoms with E-state index in [2.05, 4.69) is 10.4 Å². The normalized spacial score (nSPS) is 13.5. The summed E-state index contributed by atoms with van der Waals surface area (Å²) in [6, 6.07) is 7.54. The van der Waals surface area contributed by atoms with E-state index in [4.69, 9.17) is 4.74 Å². The first-order chi connectivity index (χ1) is 12.7. The number of carbonyl (C=O) groups is 2. The molecule has 0 aliphatic heterocycles. The Kier molecular flexibility index (Phi) is 4.99. The number of carboxylic acids is 1. The number of ether oxygens (including phenoxy) is 1. The zero-order chi connectivity index (χ0) is 19.8. The number of fused-ring (bicyclic) bond motifs is 1. The molecule has 0 saturated carbocycles. The van der Waals surface area contributed by atoms with Crippen molar-refractivity contribution in [3.05, 3.63) is 46.7 Å². The lowest BCUT2D eigenvalue weighted by Gasteiger charge is -2.24. The van der Waals surface area contributed by atoms with Crippen molar-refractivity contribution < 1.29 is 23.8 Å². The van der Waals surface area contributed by atoms with Crippen molar-refractivity contribution in [1.29, 1.82) is 0 Å². The summed E-state index contributed by atoms with van der Waals surface area (Å²) >= 11 is 1.18. The van der Waals surface area contributed by atoms with Crippen LogP contribution >= 0.6 is 11.3 Å². The van der Waals surface area contributed by atoms with Crippen LogP contribution in [0.4, 0.5) is 4.39 Å².